The molecule has 1 N–H and O–H groups in total. The van der Waals surface area contributed by atoms with Crippen molar-refractivity contribution in [2.75, 3.05) is 0 Å². The fourth-order valence-electron chi connectivity index (χ4n) is 1.07. The van der Waals surface area contributed by atoms with Crippen LogP contribution < -0.4 is 0 Å². The van der Waals surface area contributed by atoms with Crippen molar-refractivity contribution < 1.29 is 5.11 Å². The fraction of sp³-hybridized carbons (Fsp3) is 0.625. The Hall–Kier alpha value is -0.193. The van der Waals surface area contributed by atoms with Crippen molar-refractivity contribution in [1.29, 1.82) is 0 Å². The third kappa shape index (κ3) is 3.04. The molecule has 1 atom stereocenters. The van der Waals surface area contributed by atoms with E-state index in [4.69, 9.17) is 0 Å². The van der Waals surface area contributed by atoms with E-state index in [9.17, 15) is 5.11 Å². The van der Waals surface area contributed by atoms with E-state index in [0.717, 1.165) is 11.7 Å². The molecule has 0 saturated heterocycles. The predicted octanol–water partition coefficient (Wildman–Crippen LogP) is 2.51. The molecule has 1 heterocycles. The monoisotopic (exact) mass is 201 g/mol. The zero-order valence-corrected chi connectivity index (χ0v) is 9.56. The molecule has 2 nitrogen and oxygen atoms in total. The van der Waals surface area contributed by atoms with Crippen LogP contribution in [0.1, 0.15) is 11.8 Å². The second kappa shape index (κ2) is 3.68. The highest BCUT2D eigenvalue weighted by atomic mass is 32.1. The molecular weight excluding hydrogens is 186 g/mol. The van der Waals surface area contributed by atoms with Crippen molar-refractivity contribution in [3.63, 3.8) is 0 Å². The Kier molecular flexibility index (Phi) is 3.03. The molecule has 0 spiro atoms. The predicted molar refractivity (Wildman–Crippen MR) is 55.2 cm³/mol. The van der Waals surface area contributed by atoms with Gasteiger partial charge in [-0.05, 0) is 6.04 Å². The third-order valence-corrected chi connectivity index (χ3v) is 3.81. The maximum absolute atomic E-state index is 9.72. The van der Waals surface area contributed by atoms with Crippen LogP contribution >= 0.6 is 11.3 Å². The van der Waals surface area contributed by atoms with Crippen molar-refractivity contribution in [3.05, 3.63) is 16.6 Å². The van der Waals surface area contributed by atoms with E-state index in [2.05, 4.69) is 24.6 Å². The van der Waals surface area contributed by atoms with Gasteiger partial charge in [-0.3, -0.25) is 0 Å². The van der Waals surface area contributed by atoms with Crippen molar-refractivity contribution in [2.24, 2.45) is 0 Å². The van der Waals surface area contributed by atoms with E-state index in [-0.39, 0.29) is 6.10 Å². The molecular formula is C8H15NOSSi. The summed E-state index contributed by atoms with van der Waals surface area (Å²) in [6, 6.07) is 0.900. The van der Waals surface area contributed by atoms with Crippen LogP contribution in [0.15, 0.2) is 10.9 Å². The summed E-state index contributed by atoms with van der Waals surface area (Å²) in [6.45, 7) is 6.76. The molecule has 0 aliphatic carbocycles. The number of aliphatic hydroxyl groups is 1. The second-order valence-electron chi connectivity index (χ2n) is 4.19. The van der Waals surface area contributed by atoms with Gasteiger partial charge >= 0.3 is 0 Å². The average Bonchev–Trinajstić information content (AvgIpc) is 2.32. The Morgan fingerprint density at radius 1 is 1.58 bits per heavy atom. The van der Waals surface area contributed by atoms with Crippen LogP contribution in [0.25, 0.3) is 0 Å². The highest BCUT2D eigenvalue weighted by Crippen LogP contribution is 2.23. The largest absolute Gasteiger partial charge is 0.387 e. The first-order valence-corrected chi connectivity index (χ1v) is 8.70. The molecule has 0 aliphatic rings. The number of aliphatic hydroxyl groups excluding tert-OH is 1. The van der Waals surface area contributed by atoms with Gasteiger partial charge in [-0.1, -0.05) is 19.6 Å². The zero-order chi connectivity index (χ0) is 9.19. The van der Waals surface area contributed by atoms with Crippen LogP contribution in [-0.4, -0.2) is 18.2 Å². The lowest BCUT2D eigenvalue weighted by Gasteiger charge is -2.18. The minimum absolute atomic E-state index is 0.345. The standard InChI is InChI=1S/C8H15NOSSi/c1-12(2,3)5-8(10)7-4-11-6-9-7/h4,6,8,10H,5H2,1-3H3. The molecule has 0 bridgehead atoms. The van der Waals surface area contributed by atoms with Crippen molar-refractivity contribution in [3.8, 4) is 0 Å². The van der Waals surface area contributed by atoms with E-state index in [1.165, 1.54) is 11.3 Å². The summed E-state index contributed by atoms with van der Waals surface area (Å²) in [4.78, 5) is 4.09. The molecule has 0 radical (unpaired) electrons. The van der Waals surface area contributed by atoms with Gasteiger partial charge in [0.15, 0.2) is 0 Å². The van der Waals surface area contributed by atoms with Gasteiger partial charge in [0.2, 0.25) is 0 Å². The SMILES string of the molecule is C[Si](C)(C)CC(O)c1cscn1. The van der Waals surface area contributed by atoms with Crippen LogP contribution in [0, 0.1) is 0 Å². The average molecular weight is 201 g/mol. The van der Waals surface area contributed by atoms with Crippen LogP contribution in [0.3, 0.4) is 0 Å². The van der Waals surface area contributed by atoms with Gasteiger partial charge in [-0.25, -0.2) is 4.98 Å². The van der Waals surface area contributed by atoms with Gasteiger partial charge in [0, 0.05) is 13.5 Å². The maximum atomic E-state index is 9.72. The molecule has 0 fully saturated rings. The summed E-state index contributed by atoms with van der Waals surface area (Å²) >= 11 is 1.54. The highest BCUT2D eigenvalue weighted by Gasteiger charge is 2.20. The van der Waals surface area contributed by atoms with Gasteiger partial charge in [0.05, 0.1) is 17.3 Å². The third-order valence-electron chi connectivity index (χ3n) is 1.60. The van der Waals surface area contributed by atoms with E-state index in [1.807, 2.05) is 5.38 Å². The molecule has 12 heavy (non-hydrogen) atoms. The lowest BCUT2D eigenvalue weighted by molar-refractivity contribution is 0.193. The number of thiazole rings is 1. The van der Waals surface area contributed by atoms with Crippen LogP contribution in [0.4, 0.5) is 0 Å². The summed E-state index contributed by atoms with van der Waals surface area (Å²) < 4.78 is 0. The Labute approximate surface area is 78.3 Å². The maximum Gasteiger partial charge on any atom is 0.0945 e. The van der Waals surface area contributed by atoms with Gasteiger partial charge in [-0.2, -0.15) is 0 Å². The molecule has 4 heteroatoms. The van der Waals surface area contributed by atoms with Crippen LogP contribution in [0.5, 0.6) is 0 Å². The number of rotatable bonds is 3. The number of hydrogen-bond donors (Lipinski definition) is 1. The molecule has 0 amide bonds. The van der Waals surface area contributed by atoms with E-state index in [0.29, 0.717) is 0 Å². The summed E-state index contributed by atoms with van der Waals surface area (Å²) in [7, 11) is -1.16. The van der Waals surface area contributed by atoms with Gasteiger partial charge in [0.1, 0.15) is 0 Å². The first-order chi connectivity index (χ1) is 5.49. The zero-order valence-electron chi connectivity index (χ0n) is 7.74. The van der Waals surface area contributed by atoms with Crippen LogP contribution in [-0.2, 0) is 0 Å². The van der Waals surface area contributed by atoms with Crippen molar-refractivity contribution >= 4 is 19.4 Å². The molecule has 1 aromatic heterocycles. The summed E-state index contributed by atoms with van der Waals surface area (Å²) in [5.74, 6) is 0. The quantitative estimate of drug-likeness (QED) is 0.762. The number of aromatic nitrogens is 1. The van der Waals surface area contributed by atoms with Gasteiger partial charge in [-0.15, -0.1) is 11.3 Å². The highest BCUT2D eigenvalue weighted by molar-refractivity contribution is 7.07. The van der Waals surface area contributed by atoms with E-state index < -0.39 is 8.07 Å². The van der Waals surface area contributed by atoms with Crippen molar-refractivity contribution in [2.45, 2.75) is 31.8 Å². The minimum Gasteiger partial charge on any atom is -0.387 e. The summed E-state index contributed by atoms with van der Waals surface area (Å²) in [5, 5.41) is 11.6. The minimum atomic E-state index is -1.16. The second-order valence-corrected chi connectivity index (χ2v) is 10.4. The molecule has 1 unspecified atom stereocenters. The van der Waals surface area contributed by atoms with Gasteiger partial charge < -0.3 is 5.11 Å². The Morgan fingerprint density at radius 3 is 2.67 bits per heavy atom. The first-order valence-electron chi connectivity index (χ1n) is 4.05. The van der Waals surface area contributed by atoms with E-state index in [1.54, 1.807) is 5.51 Å². The molecule has 1 aromatic rings. The fourth-order valence-corrected chi connectivity index (χ4v) is 3.04. The topological polar surface area (TPSA) is 33.1 Å². The molecule has 0 saturated carbocycles. The normalized spacial score (nSPS) is 14.7. The molecule has 0 aromatic carbocycles. The molecule has 0 aliphatic heterocycles. The van der Waals surface area contributed by atoms with Crippen molar-refractivity contribution in [1.82, 2.24) is 4.98 Å². The Morgan fingerprint density at radius 2 is 2.25 bits per heavy atom. The van der Waals surface area contributed by atoms with Gasteiger partial charge in [0.25, 0.3) is 0 Å². The lowest BCUT2D eigenvalue weighted by Crippen LogP contribution is -2.22. The first kappa shape index (κ1) is 9.89. The lowest BCUT2D eigenvalue weighted by atomic mass is 10.3. The molecule has 68 valence electrons. The number of hydrogen-bond acceptors (Lipinski definition) is 3. The Balaban J connectivity index is 2.56. The summed E-state index contributed by atoms with van der Waals surface area (Å²) in [6.07, 6.45) is -0.345. The number of nitrogens with zero attached hydrogens (tertiary/aromatic N) is 1. The smallest absolute Gasteiger partial charge is 0.0945 e. The Bertz CT molecular complexity index is 230. The van der Waals surface area contributed by atoms with Crippen LogP contribution in [0.2, 0.25) is 25.7 Å². The van der Waals surface area contributed by atoms with E-state index >= 15 is 0 Å². The summed E-state index contributed by atoms with van der Waals surface area (Å²) in [5.41, 5.74) is 2.60. The molecule has 1 rings (SSSR count).